The van der Waals surface area contributed by atoms with Gasteiger partial charge in [-0.15, -0.1) is 0 Å². The fourth-order valence-corrected chi connectivity index (χ4v) is 1.94. The predicted molar refractivity (Wildman–Crippen MR) is 67.3 cm³/mol. The quantitative estimate of drug-likeness (QED) is 0.676. The van der Waals surface area contributed by atoms with Crippen molar-refractivity contribution in [2.24, 2.45) is 0 Å². The maximum atomic E-state index is 10.8. The van der Waals surface area contributed by atoms with E-state index in [0.29, 0.717) is 19.1 Å². The Hall–Kier alpha value is -0.850. The average molecular weight is 260 g/mol. The lowest BCUT2D eigenvalue weighted by atomic mass is 10.1. The first-order valence-electron chi connectivity index (χ1n) is 5.68. The summed E-state index contributed by atoms with van der Waals surface area (Å²) in [5.41, 5.74) is 0. The Balaban J connectivity index is 2.07. The topological polar surface area (TPSA) is 71.3 Å². The standard InChI is InChI=1S/C11H20N2O3S/c1-10(5-6-11-4-3-9-16-11)12-7-8-13-17(2,14)15/h3-4,9-10,12-13H,5-8H2,1-2H3. The van der Waals surface area contributed by atoms with Gasteiger partial charge in [0.2, 0.25) is 10.0 Å². The summed E-state index contributed by atoms with van der Waals surface area (Å²) in [5, 5.41) is 3.25. The van der Waals surface area contributed by atoms with Crippen LogP contribution < -0.4 is 10.0 Å². The predicted octanol–water partition coefficient (Wildman–Crippen LogP) is 0.740. The van der Waals surface area contributed by atoms with Crippen LogP contribution >= 0.6 is 0 Å². The lowest BCUT2D eigenvalue weighted by molar-refractivity contribution is 0.461. The minimum Gasteiger partial charge on any atom is -0.469 e. The van der Waals surface area contributed by atoms with Crippen LogP contribution in [0.4, 0.5) is 0 Å². The number of furan rings is 1. The summed E-state index contributed by atoms with van der Waals surface area (Å²) in [6.07, 6.45) is 4.68. The molecule has 0 spiro atoms. The number of hydrogen-bond acceptors (Lipinski definition) is 4. The van der Waals surface area contributed by atoms with Gasteiger partial charge in [-0.3, -0.25) is 0 Å². The Kier molecular flexibility index (Phi) is 5.67. The van der Waals surface area contributed by atoms with Crippen molar-refractivity contribution in [2.75, 3.05) is 19.3 Å². The molecule has 0 aliphatic heterocycles. The zero-order chi connectivity index (χ0) is 12.7. The molecule has 0 aliphatic rings. The van der Waals surface area contributed by atoms with Crippen LogP contribution in [-0.4, -0.2) is 33.8 Å². The minimum atomic E-state index is -3.07. The summed E-state index contributed by atoms with van der Waals surface area (Å²) < 4.78 is 29.3. The molecule has 1 aromatic rings. The molecule has 0 bridgehead atoms. The summed E-state index contributed by atoms with van der Waals surface area (Å²) in [4.78, 5) is 0. The van der Waals surface area contributed by atoms with Gasteiger partial charge < -0.3 is 9.73 Å². The second kappa shape index (κ2) is 6.78. The summed E-state index contributed by atoms with van der Waals surface area (Å²) >= 11 is 0. The summed E-state index contributed by atoms with van der Waals surface area (Å²) in [6, 6.07) is 4.17. The van der Waals surface area contributed by atoms with E-state index < -0.39 is 10.0 Å². The van der Waals surface area contributed by atoms with E-state index in [-0.39, 0.29) is 0 Å². The van der Waals surface area contributed by atoms with E-state index in [0.717, 1.165) is 24.9 Å². The number of rotatable bonds is 8. The molecule has 0 saturated heterocycles. The van der Waals surface area contributed by atoms with Gasteiger partial charge in [-0.25, -0.2) is 13.1 Å². The van der Waals surface area contributed by atoms with E-state index in [9.17, 15) is 8.42 Å². The Bertz CT molecular complexity index is 400. The average Bonchev–Trinajstić information content (AvgIpc) is 2.73. The first-order valence-corrected chi connectivity index (χ1v) is 7.57. The molecule has 1 aromatic heterocycles. The fourth-order valence-electron chi connectivity index (χ4n) is 1.47. The van der Waals surface area contributed by atoms with E-state index in [4.69, 9.17) is 4.42 Å². The van der Waals surface area contributed by atoms with E-state index in [1.54, 1.807) is 6.26 Å². The van der Waals surface area contributed by atoms with Crippen LogP contribution in [0.1, 0.15) is 19.1 Å². The van der Waals surface area contributed by atoms with Gasteiger partial charge in [0.05, 0.1) is 12.5 Å². The van der Waals surface area contributed by atoms with E-state index in [1.807, 2.05) is 12.1 Å². The van der Waals surface area contributed by atoms with Crippen molar-refractivity contribution in [3.05, 3.63) is 24.2 Å². The molecule has 2 N–H and O–H groups in total. The molecule has 1 atom stereocenters. The van der Waals surface area contributed by atoms with Gasteiger partial charge in [-0.1, -0.05) is 0 Å². The van der Waals surface area contributed by atoms with Crippen LogP contribution in [0.15, 0.2) is 22.8 Å². The maximum Gasteiger partial charge on any atom is 0.208 e. The van der Waals surface area contributed by atoms with Gasteiger partial charge in [0, 0.05) is 25.6 Å². The second-order valence-electron chi connectivity index (χ2n) is 4.14. The van der Waals surface area contributed by atoms with Crippen molar-refractivity contribution in [3.63, 3.8) is 0 Å². The number of sulfonamides is 1. The van der Waals surface area contributed by atoms with E-state index in [2.05, 4.69) is 17.0 Å². The molecule has 6 heteroatoms. The van der Waals surface area contributed by atoms with Crippen molar-refractivity contribution < 1.29 is 12.8 Å². The Morgan fingerprint density at radius 3 is 2.76 bits per heavy atom. The van der Waals surface area contributed by atoms with Crippen molar-refractivity contribution in [1.82, 2.24) is 10.0 Å². The van der Waals surface area contributed by atoms with Crippen LogP contribution in [0.2, 0.25) is 0 Å². The van der Waals surface area contributed by atoms with Crippen LogP contribution in [0.5, 0.6) is 0 Å². The highest BCUT2D eigenvalue weighted by Gasteiger charge is 2.04. The van der Waals surface area contributed by atoms with Gasteiger partial charge in [-0.05, 0) is 25.5 Å². The molecular formula is C11H20N2O3S. The van der Waals surface area contributed by atoms with Crippen LogP contribution in [-0.2, 0) is 16.4 Å². The monoisotopic (exact) mass is 260 g/mol. The number of nitrogens with one attached hydrogen (secondary N) is 2. The first-order chi connectivity index (χ1) is 7.97. The third-order valence-corrected chi connectivity index (χ3v) is 3.11. The normalized spacial score (nSPS) is 13.8. The highest BCUT2D eigenvalue weighted by molar-refractivity contribution is 7.88. The lowest BCUT2D eigenvalue weighted by Gasteiger charge is -2.12. The molecule has 5 nitrogen and oxygen atoms in total. The largest absolute Gasteiger partial charge is 0.469 e. The highest BCUT2D eigenvalue weighted by atomic mass is 32.2. The maximum absolute atomic E-state index is 10.8. The van der Waals surface area contributed by atoms with Crippen molar-refractivity contribution in [2.45, 2.75) is 25.8 Å². The molecule has 98 valence electrons. The molecule has 0 fully saturated rings. The Labute approximate surface area is 103 Å². The molecule has 1 heterocycles. The van der Waals surface area contributed by atoms with E-state index >= 15 is 0 Å². The third-order valence-electron chi connectivity index (χ3n) is 2.39. The zero-order valence-corrected chi connectivity index (χ0v) is 11.1. The van der Waals surface area contributed by atoms with Gasteiger partial charge in [-0.2, -0.15) is 0 Å². The highest BCUT2D eigenvalue weighted by Crippen LogP contribution is 2.05. The smallest absolute Gasteiger partial charge is 0.208 e. The van der Waals surface area contributed by atoms with Gasteiger partial charge in [0.1, 0.15) is 5.76 Å². The SMILES string of the molecule is CC(CCc1ccco1)NCCNS(C)(=O)=O. The zero-order valence-electron chi connectivity index (χ0n) is 10.3. The Morgan fingerprint density at radius 1 is 1.41 bits per heavy atom. The van der Waals surface area contributed by atoms with Crippen molar-refractivity contribution >= 4 is 10.0 Å². The second-order valence-corrected chi connectivity index (χ2v) is 5.97. The van der Waals surface area contributed by atoms with Crippen molar-refractivity contribution in [1.29, 1.82) is 0 Å². The first kappa shape index (κ1) is 14.2. The molecular weight excluding hydrogens is 240 g/mol. The summed E-state index contributed by atoms with van der Waals surface area (Å²) in [7, 11) is -3.07. The molecule has 0 radical (unpaired) electrons. The van der Waals surface area contributed by atoms with E-state index in [1.165, 1.54) is 0 Å². The molecule has 0 amide bonds. The van der Waals surface area contributed by atoms with Gasteiger partial charge in [0.15, 0.2) is 0 Å². The van der Waals surface area contributed by atoms with Crippen LogP contribution in [0.3, 0.4) is 0 Å². The summed E-state index contributed by atoms with van der Waals surface area (Å²) in [5.74, 6) is 0.980. The van der Waals surface area contributed by atoms with Crippen molar-refractivity contribution in [3.8, 4) is 0 Å². The molecule has 0 saturated carbocycles. The minimum absolute atomic E-state index is 0.335. The van der Waals surface area contributed by atoms with Crippen LogP contribution in [0, 0.1) is 0 Å². The molecule has 17 heavy (non-hydrogen) atoms. The molecule has 1 unspecified atom stereocenters. The Morgan fingerprint density at radius 2 is 2.18 bits per heavy atom. The molecule has 0 aromatic carbocycles. The van der Waals surface area contributed by atoms with Gasteiger partial charge >= 0.3 is 0 Å². The number of aryl methyl sites for hydroxylation is 1. The fraction of sp³-hybridized carbons (Fsp3) is 0.636. The van der Waals surface area contributed by atoms with Crippen LogP contribution in [0.25, 0.3) is 0 Å². The molecule has 0 aliphatic carbocycles. The summed E-state index contributed by atoms with van der Waals surface area (Å²) in [6.45, 7) is 3.12. The lowest BCUT2D eigenvalue weighted by Crippen LogP contribution is -2.35. The molecule has 1 rings (SSSR count). The third kappa shape index (κ3) is 7.14. The van der Waals surface area contributed by atoms with Gasteiger partial charge in [0.25, 0.3) is 0 Å². The number of hydrogen-bond donors (Lipinski definition) is 2.